The first-order chi connectivity index (χ1) is 16.9. The molecule has 3 rings (SSSR count). The minimum Gasteiger partial charge on any atom is -0.493 e. The molecule has 0 aliphatic heterocycles. The number of rotatable bonds is 10. The monoisotopic (exact) mass is 478 g/mol. The number of allylic oxidation sites excluding steroid dienone is 1. The van der Waals surface area contributed by atoms with Crippen LogP contribution in [0, 0.1) is 0 Å². The number of ketones is 1. The number of esters is 1. The van der Waals surface area contributed by atoms with Gasteiger partial charge in [-0.25, -0.2) is 4.79 Å². The molecule has 0 fully saturated rings. The number of hydrogen-bond donors (Lipinski definition) is 0. The number of hydrogen-bond acceptors (Lipinski definition) is 8. The molecule has 0 aliphatic rings. The predicted molar refractivity (Wildman–Crippen MR) is 130 cm³/mol. The molecule has 0 heterocycles. The molecule has 3 aromatic rings. The number of ether oxygens (including phenoxy) is 6. The number of methoxy groups -OCH3 is 5. The van der Waals surface area contributed by atoms with Crippen molar-refractivity contribution in [3.63, 3.8) is 0 Å². The summed E-state index contributed by atoms with van der Waals surface area (Å²) in [5.74, 6) is 1.67. The van der Waals surface area contributed by atoms with Crippen molar-refractivity contribution < 1.29 is 38.0 Å². The van der Waals surface area contributed by atoms with Crippen LogP contribution in [0.1, 0.15) is 26.3 Å². The van der Waals surface area contributed by atoms with E-state index in [1.54, 1.807) is 56.7 Å². The topological polar surface area (TPSA) is 89.5 Å². The van der Waals surface area contributed by atoms with Gasteiger partial charge in [0, 0.05) is 5.56 Å². The van der Waals surface area contributed by atoms with Gasteiger partial charge in [0.05, 0.1) is 41.1 Å². The zero-order valence-electron chi connectivity index (χ0n) is 20.1. The highest BCUT2D eigenvalue weighted by Gasteiger charge is 2.18. The second-order valence-electron chi connectivity index (χ2n) is 7.14. The van der Waals surface area contributed by atoms with Gasteiger partial charge in [0.1, 0.15) is 5.75 Å². The molecule has 0 unspecified atom stereocenters. The van der Waals surface area contributed by atoms with Gasteiger partial charge >= 0.3 is 5.97 Å². The van der Waals surface area contributed by atoms with Crippen molar-refractivity contribution in [2.45, 2.75) is 0 Å². The Morgan fingerprint density at radius 3 is 1.77 bits per heavy atom. The van der Waals surface area contributed by atoms with Gasteiger partial charge in [-0.05, 0) is 60.2 Å². The summed E-state index contributed by atoms with van der Waals surface area (Å²) in [6.45, 7) is 0. The predicted octanol–water partition coefficient (Wildman–Crippen LogP) is 4.84. The molecule has 0 N–H and O–H groups in total. The summed E-state index contributed by atoms with van der Waals surface area (Å²) in [7, 11) is 7.50. The first kappa shape index (κ1) is 25.2. The van der Waals surface area contributed by atoms with E-state index in [9.17, 15) is 9.59 Å². The summed E-state index contributed by atoms with van der Waals surface area (Å²) in [6.07, 6.45) is 3.14. The van der Waals surface area contributed by atoms with Gasteiger partial charge in [-0.1, -0.05) is 12.1 Å². The SMILES string of the molecule is COc1ccc(/C=C/C(=O)c2ccc(OC(=O)c3cc(OC)c(OC)c(OC)c3)cc2)cc1OC. The maximum Gasteiger partial charge on any atom is 0.343 e. The first-order valence-electron chi connectivity index (χ1n) is 10.5. The van der Waals surface area contributed by atoms with E-state index in [1.807, 2.05) is 6.07 Å². The fraction of sp³-hybridized carbons (Fsp3) is 0.185. The molecular weight excluding hydrogens is 452 g/mol. The molecule has 0 atom stereocenters. The van der Waals surface area contributed by atoms with Crippen molar-refractivity contribution in [1.82, 2.24) is 0 Å². The molecule has 35 heavy (non-hydrogen) atoms. The van der Waals surface area contributed by atoms with Crippen molar-refractivity contribution in [3.8, 4) is 34.5 Å². The standard InChI is InChI=1S/C27H26O8/c1-30-22-13-7-17(14-23(22)31-2)6-12-21(28)18-8-10-20(11-9-18)35-27(29)19-15-24(32-3)26(34-5)25(16-19)33-4/h6-16H,1-5H3/b12-6+. The lowest BCUT2D eigenvalue weighted by molar-refractivity contribution is 0.0733. The van der Waals surface area contributed by atoms with Gasteiger partial charge in [0.25, 0.3) is 0 Å². The van der Waals surface area contributed by atoms with E-state index >= 15 is 0 Å². The molecule has 182 valence electrons. The average Bonchev–Trinajstić information content (AvgIpc) is 2.90. The van der Waals surface area contributed by atoms with Crippen LogP contribution in [0.3, 0.4) is 0 Å². The third-order valence-electron chi connectivity index (χ3n) is 5.08. The molecule has 8 nitrogen and oxygen atoms in total. The number of carbonyl (C=O) groups is 2. The van der Waals surface area contributed by atoms with Crippen molar-refractivity contribution in [2.24, 2.45) is 0 Å². The fourth-order valence-corrected chi connectivity index (χ4v) is 3.28. The van der Waals surface area contributed by atoms with Crippen LogP contribution in [0.2, 0.25) is 0 Å². The lowest BCUT2D eigenvalue weighted by Gasteiger charge is -2.13. The van der Waals surface area contributed by atoms with Gasteiger partial charge in [-0.2, -0.15) is 0 Å². The molecular formula is C27H26O8. The smallest absolute Gasteiger partial charge is 0.343 e. The van der Waals surface area contributed by atoms with Crippen molar-refractivity contribution in [1.29, 1.82) is 0 Å². The molecule has 0 bridgehead atoms. The third-order valence-corrected chi connectivity index (χ3v) is 5.08. The summed E-state index contributed by atoms with van der Waals surface area (Å²) in [5, 5.41) is 0. The Kier molecular flexibility index (Phi) is 8.34. The van der Waals surface area contributed by atoms with Crippen LogP contribution in [-0.2, 0) is 0 Å². The van der Waals surface area contributed by atoms with Crippen molar-refractivity contribution >= 4 is 17.8 Å². The molecule has 0 aromatic heterocycles. The lowest BCUT2D eigenvalue weighted by Crippen LogP contribution is -2.10. The summed E-state index contributed by atoms with van der Waals surface area (Å²) >= 11 is 0. The van der Waals surface area contributed by atoms with E-state index in [1.165, 1.54) is 39.5 Å². The molecule has 0 saturated heterocycles. The zero-order valence-corrected chi connectivity index (χ0v) is 20.1. The normalized spacial score (nSPS) is 10.5. The van der Waals surface area contributed by atoms with Crippen LogP contribution in [0.5, 0.6) is 34.5 Å². The summed E-state index contributed by atoms with van der Waals surface area (Å²) in [4.78, 5) is 25.2. The van der Waals surface area contributed by atoms with Crippen LogP contribution in [0.4, 0.5) is 0 Å². The lowest BCUT2D eigenvalue weighted by atomic mass is 10.1. The summed E-state index contributed by atoms with van der Waals surface area (Å²) in [5.41, 5.74) is 1.44. The molecule has 0 radical (unpaired) electrons. The quantitative estimate of drug-likeness (QED) is 0.177. The second-order valence-corrected chi connectivity index (χ2v) is 7.14. The van der Waals surface area contributed by atoms with Gasteiger partial charge in [-0.3, -0.25) is 4.79 Å². The van der Waals surface area contributed by atoms with E-state index in [0.717, 1.165) is 5.56 Å². The minimum absolute atomic E-state index is 0.206. The van der Waals surface area contributed by atoms with E-state index in [4.69, 9.17) is 28.4 Å². The Balaban J connectivity index is 1.71. The van der Waals surface area contributed by atoms with E-state index in [2.05, 4.69) is 0 Å². The third kappa shape index (κ3) is 5.92. The van der Waals surface area contributed by atoms with Crippen molar-refractivity contribution in [2.75, 3.05) is 35.5 Å². The Bertz CT molecular complexity index is 1200. The highest BCUT2D eigenvalue weighted by atomic mass is 16.5. The summed E-state index contributed by atoms with van der Waals surface area (Å²) in [6, 6.07) is 14.6. The van der Waals surface area contributed by atoms with Crippen LogP contribution in [0.25, 0.3) is 6.08 Å². The Labute approximate surface area is 203 Å². The van der Waals surface area contributed by atoms with E-state index in [0.29, 0.717) is 34.3 Å². The summed E-state index contributed by atoms with van der Waals surface area (Å²) < 4.78 is 31.7. The highest BCUT2D eigenvalue weighted by Crippen LogP contribution is 2.38. The molecule has 0 saturated carbocycles. The highest BCUT2D eigenvalue weighted by molar-refractivity contribution is 6.07. The Morgan fingerprint density at radius 1 is 0.629 bits per heavy atom. The largest absolute Gasteiger partial charge is 0.493 e. The molecule has 8 heteroatoms. The van der Waals surface area contributed by atoms with Crippen molar-refractivity contribution in [3.05, 3.63) is 77.4 Å². The molecule has 3 aromatic carbocycles. The van der Waals surface area contributed by atoms with E-state index in [-0.39, 0.29) is 17.1 Å². The van der Waals surface area contributed by atoms with Crippen LogP contribution in [-0.4, -0.2) is 47.3 Å². The van der Waals surface area contributed by atoms with Gasteiger partial charge in [-0.15, -0.1) is 0 Å². The minimum atomic E-state index is -0.614. The first-order valence-corrected chi connectivity index (χ1v) is 10.5. The van der Waals surface area contributed by atoms with Gasteiger partial charge < -0.3 is 28.4 Å². The van der Waals surface area contributed by atoms with Crippen LogP contribution < -0.4 is 28.4 Å². The molecule has 0 spiro atoms. The second kappa shape index (κ2) is 11.6. The van der Waals surface area contributed by atoms with Gasteiger partial charge in [0.15, 0.2) is 28.8 Å². The fourth-order valence-electron chi connectivity index (χ4n) is 3.28. The maximum atomic E-state index is 12.7. The maximum absolute atomic E-state index is 12.7. The molecule has 0 amide bonds. The Hall–Kier alpha value is -4.46. The van der Waals surface area contributed by atoms with Crippen LogP contribution in [0.15, 0.2) is 60.7 Å². The zero-order chi connectivity index (χ0) is 25.4. The molecule has 0 aliphatic carbocycles. The number of benzene rings is 3. The van der Waals surface area contributed by atoms with Gasteiger partial charge in [0.2, 0.25) is 5.75 Å². The van der Waals surface area contributed by atoms with Crippen LogP contribution >= 0.6 is 0 Å². The number of carbonyl (C=O) groups excluding carboxylic acids is 2. The Morgan fingerprint density at radius 2 is 1.23 bits per heavy atom. The average molecular weight is 478 g/mol. The van der Waals surface area contributed by atoms with E-state index < -0.39 is 5.97 Å².